The number of nitrogens with zero attached hydrogens (tertiary/aromatic N) is 2. The molecule has 2 aromatic carbocycles. The summed E-state index contributed by atoms with van der Waals surface area (Å²) in [6.07, 6.45) is 1.98. The first-order valence-electron chi connectivity index (χ1n) is 10.0. The fraction of sp³-hybridized carbons (Fsp3) is 0.348. The summed E-state index contributed by atoms with van der Waals surface area (Å²) in [5.41, 5.74) is 1.87. The molecule has 0 aliphatic heterocycles. The van der Waals surface area contributed by atoms with E-state index >= 15 is 0 Å². The highest BCUT2D eigenvalue weighted by Crippen LogP contribution is 2.37. The van der Waals surface area contributed by atoms with Crippen molar-refractivity contribution in [2.45, 2.75) is 49.1 Å². The molecule has 1 heterocycles. The predicted octanol–water partition coefficient (Wildman–Crippen LogP) is 4.13. The van der Waals surface area contributed by atoms with Crippen LogP contribution in [0.5, 0.6) is 0 Å². The maximum Gasteiger partial charge on any atom is 0.262 e. The van der Waals surface area contributed by atoms with Crippen LogP contribution in [0.2, 0.25) is 0 Å². The van der Waals surface area contributed by atoms with Crippen LogP contribution in [0.1, 0.15) is 44.2 Å². The van der Waals surface area contributed by atoms with Gasteiger partial charge >= 0.3 is 0 Å². The van der Waals surface area contributed by atoms with Gasteiger partial charge in [-0.05, 0) is 43.4 Å². The summed E-state index contributed by atoms with van der Waals surface area (Å²) in [6.45, 7) is 4.54. The molecule has 3 aromatic rings. The molecule has 1 N–H and O–H groups in total. The first kappa shape index (κ1) is 19.7. The monoisotopic (exact) mass is 407 g/mol. The Hall–Kier alpha value is -2.60. The Bertz CT molecular complexity index is 1080. The van der Waals surface area contributed by atoms with E-state index in [0.717, 1.165) is 12.8 Å². The van der Waals surface area contributed by atoms with Crippen LogP contribution in [-0.2, 0) is 4.79 Å². The number of rotatable bonds is 7. The third-order valence-corrected chi connectivity index (χ3v) is 6.36. The second-order valence-electron chi connectivity index (χ2n) is 7.63. The van der Waals surface area contributed by atoms with Gasteiger partial charge < -0.3 is 5.32 Å². The Morgan fingerprint density at radius 2 is 1.83 bits per heavy atom. The molecule has 0 saturated heterocycles. The van der Waals surface area contributed by atoms with Crippen LogP contribution >= 0.6 is 11.8 Å². The van der Waals surface area contributed by atoms with E-state index in [4.69, 9.17) is 4.98 Å². The Morgan fingerprint density at radius 1 is 1.14 bits per heavy atom. The molecule has 4 rings (SSSR count). The van der Waals surface area contributed by atoms with Gasteiger partial charge in [0.2, 0.25) is 5.91 Å². The molecule has 5 nitrogen and oxygen atoms in total. The zero-order valence-electron chi connectivity index (χ0n) is 16.7. The molecule has 1 saturated carbocycles. The van der Waals surface area contributed by atoms with Gasteiger partial charge in [-0.1, -0.05) is 61.2 Å². The van der Waals surface area contributed by atoms with Crippen molar-refractivity contribution in [1.29, 1.82) is 0 Å². The summed E-state index contributed by atoms with van der Waals surface area (Å²) in [5, 5.41) is 3.98. The van der Waals surface area contributed by atoms with Crippen molar-refractivity contribution in [3.05, 3.63) is 70.5 Å². The minimum atomic E-state index is -0.337. The summed E-state index contributed by atoms with van der Waals surface area (Å²) in [6, 6.07) is 17.8. The van der Waals surface area contributed by atoms with Gasteiger partial charge in [-0.25, -0.2) is 4.98 Å². The van der Waals surface area contributed by atoms with Crippen LogP contribution in [0.3, 0.4) is 0 Å². The van der Waals surface area contributed by atoms with E-state index in [0.29, 0.717) is 22.6 Å². The topological polar surface area (TPSA) is 64.0 Å². The first-order valence-corrected chi connectivity index (χ1v) is 10.9. The van der Waals surface area contributed by atoms with Gasteiger partial charge in [-0.2, -0.15) is 0 Å². The van der Waals surface area contributed by atoms with E-state index in [-0.39, 0.29) is 28.7 Å². The zero-order chi connectivity index (χ0) is 20.4. The Morgan fingerprint density at radius 3 is 2.55 bits per heavy atom. The number of para-hydroxylation sites is 1. The van der Waals surface area contributed by atoms with Gasteiger partial charge in [0.1, 0.15) is 0 Å². The maximum atomic E-state index is 13.0. The van der Waals surface area contributed by atoms with E-state index < -0.39 is 0 Å². The number of aromatic nitrogens is 2. The van der Waals surface area contributed by atoms with Crippen molar-refractivity contribution in [3.63, 3.8) is 0 Å². The van der Waals surface area contributed by atoms with Crippen LogP contribution < -0.4 is 10.9 Å². The van der Waals surface area contributed by atoms with Gasteiger partial charge in [0, 0.05) is 12.6 Å². The molecule has 150 valence electrons. The fourth-order valence-corrected chi connectivity index (χ4v) is 4.38. The quantitative estimate of drug-likeness (QED) is 0.472. The van der Waals surface area contributed by atoms with Gasteiger partial charge in [-0.3, -0.25) is 14.2 Å². The first-order chi connectivity index (χ1) is 14.0. The summed E-state index contributed by atoms with van der Waals surface area (Å²) in [5.74, 6) is 0.198. The van der Waals surface area contributed by atoms with Crippen LogP contribution in [0.4, 0.5) is 0 Å². The molecule has 2 atom stereocenters. The number of hydrogen-bond donors (Lipinski definition) is 1. The number of amides is 1. The highest BCUT2D eigenvalue weighted by Gasteiger charge is 2.30. The van der Waals surface area contributed by atoms with Gasteiger partial charge in [0.15, 0.2) is 5.16 Å². The number of carbonyl (C=O) groups excluding carboxylic acids is 1. The van der Waals surface area contributed by atoms with E-state index in [2.05, 4.69) is 24.4 Å². The third kappa shape index (κ3) is 4.37. The number of thioether (sulfide) groups is 1. The molecular weight excluding hydrogens is 382 g/mol. The summed E-state index contributed by atoms with van der Waals surface area (Å²) < 4.78 is 1.78. The molecule has 6 heteroatoms. The van der Waals surface area contributed by atoms with Crippen molar-refractivity contribution >= 4 is 28.6 Å². The van der Waals surface area contributed by atoms with Crippen molar-refractivity contribution < 1.29 is 4.79 Å². The molecule has 1 aliphatic carbocycles. The standard InChI is InChI=1S/C23H25N3O2S/c1-15(17-8-4-3-5-9-17)14-24-21(27)16(2)29-23-25-20-11-7-6-10-19(20)22(28)26(23)18-12-13-18/h3-11,15-16,18H,12-14H2,1-2H3,(H,24,27)/t15-,16+/m0/s1. The number of fused-ring (bicyclic) bond motifs is 1. The second kappa shape index (κ2) is 8.41. The molecule has 0 spiro atoms. The smallest absolute Gasteiger partial charge is 0.262 e. The lowest BCUT2D eigenvalue weighted by atomic mass is 10.0. The third-order valence-electron chi connectivity index (χ3n) is 5.29. The molecule has 1 aliphatic rings. The molecular formula is C23H25N3O2S. The summed E-state index contributed by atoms with van der Waals surface area (Å²) >= 11 is 1.36. The lowest BCUT2D eigenvalue weighted by molar-refractivity contribution is -0.120. The van der Waals surface area contributed by atoms with E-state index in [9.17, 15) is 9.59 Å². The van der Waals surface area contributed by atoms with Crippen molar-refractivity contribution in [3.8, 4) is 0 Å². The number of hydrogen-bond acceptors (Lipinski definition) is 4. The zero-order valence-corrected chi connectivity index (χ0v) is 17.5. The lowest BCUT2D eigenvalue weighted by Gasteiger charge is -2.18. The Labute approximate surface area is 174 Å². The maximum absolute atomic E-state index is 13.0. The van der Waals surface area contributed by atoms with Crippen LogP contribution in [0.15, 0.2) is 64.5 Å². The van der Waals surface area contributed by atoms with Gasteiger partial charge in [-0.15, -0.1) is 0 Å². The van der Waals surface area contributed by atoms with E-state index in [1.165, 1.54) is 17.3 Å². The number of carbonyl (C=O) groups is 1. The van der Waals surface area contributed by atoms with Crippen molar-refractivity contribution in [1.82, 2.24) is 14.9 Å². The van der Waals surface area contributed by atoms with Crippen molar-refractivity contribution in [2.24, 2.45) is 0 Å². The SMILES string of the molecule is C[C@@H](Sc1nc2ccccc2c(=O)n1C1CC1)C(=O)NC[C@H](C)c1ccccc1. The largest absolute Gasteiger partial charge is 0.355 e. The van der Waals surface area contributed by atoms with E-state index in [1.807, 2.05) is 49.4 Å². The molecule has 29 heavy (non-hydrogen) atoms. The molecule has 1 fully saturated rings. The van der Waals surface area contributed by atoms with E-state index in [1.54, 1.807) is 4.57 Å². The van der Waals surface area contributed by atoms with Gasteiger partial charge in [0.25, 0.3) is 5.56 Å². The fourth-order valence-electron chi connectivity index (χ4n) is 3.37. The van der Waals surface area contributed by atoms with Crippen LogP contribution in [-0.4, -0.2) is 27.3 Å². The number of nitrogens with one attached hydrogen (secondary N) is 1. The summed E-state index contributed by atoms with van der Waals surface area (Å²) in [4.78, 5) is 30.4. The minimum absolute atomic E-state index is 0.00842. The normalized spacial score (nSPS) is 15.8. The van der Waals surface area contributed by atoms with Crippen LogP contribution in [0, 0.1) is 0 Å². The summed E-state index contributed by atoms with van der Waals surface area (Å²) in [7, 11) is 0. The van der Waals surface area contributed by atoms with Crippen LogP contribution in [0.25, 0.3) is 10.9 Å². The van der Waals surface area contributed by atoms with Crippen molar-refractivity contribution in [2.75, 3.05) is 6.54 Å². The average Bonchev–Trinajstić information content (AvgIpc) is 3.57. The molecule has 0 radical (unpaired) electrons. The number of benzene rings is 2. The molecule has 1 amide bonds. The Kier molecular flexibility index (Phi) is 5.72. The lowest BCUT2D eigenvalue weighted by Crippen LogP contribution is -2.34. The van der Waals surface area contributed by atoms with Gasteiger partial charge in [0.05, 0.1) is 16.2 Å². The Balaban J connectivity index is 1.48. The minimum Gasteiger partial charge on any atom is -0.355 e. The molecule has 1 aromatic heterocycles. The molecule has 0 unspecified atom stereocenters. The second-order valence-corrected chi connectivity index (χ2v) is 8.94. The average molecular weight is 408 g/mol. The molecule has 0 bridgehead atoms. The predicted molar refractivity (Wildman–Crippen MR) is 117 cm³/mol. The highest BCUT2D eigenvalue weighted by molar-refractivity contribution is 8.00. The highest BCUT2D eigenvalue weighted by atomic mass is 32.2.